The highest BCUT2D eigenvalue weighted by Crippen LogP contribution is 2.26. The summed E-state index contributed by atoms with van der Waals surface area (Å²) in [4.78, 5) is 51.1. The van der Waals surface area contributed by atoms with Crippen molar-refractivity contribution in [2.24, 2.45) is 0 Å². The Hall–Kier alpha value is -3.04. The van der Waals surface area contributed by atoms with Crippen molar-refractivity contribution in [1.82, 2.24) is 4.90 Å². The molecule has 1 saturated heterocycles. The Bertz CT molecular complexity index is 1110. The van der Waals surface area contributed by atoms with Crippen LogP contribution in [0.25, 0.3) is 0 Å². The maximum Gasteiger partial charge on any atom is 0.338 e. The fraction of sp³-hybridized carbons (Fsp3) is 0.304. The first-order chi connectivity index (χ1) is 15.3. The third-order valence-corrected chi connectivity index (χ3v) is 5.91. The van der Waals surface area contributed by atoms with E-state index in [4.69, 9.17) is 9.47 Å². The van der Waals surface area contributed by atoms with Crippen LogP contribution in [0.3, 0.4) is 0 Å². The third-order valence-electron chi connectivity index (χ3n) is 5.41. The highest BCUT2D eigenvalue weighted by molar-refractivity contribution is 9.10. The monoisotopic (exact) mass is 500 g/mol. The SMILES string of the molecule is Cc1cc(Br)ccc1NC(=O)COC(=O)c1ccc2c(c1)C(=O)N(C[C@H]1CCCO1)C2=O. The summed E-state index contributed by atoms with van der Waals surface area (Å²) in [5, 5.41) is 2.68. The Morgan fingerprint density at radius 2 is 1.94 bits per heavy atom. The molecule has 2 aromatic carbocycles. The Morgan fingerprint density at radius 3 is 2.66 bits per heavy atom. The molecule has 0 aromatic heterocycles. The molecule has 166 valence electrons. The third kappa shape index (κ3) is 4.58. The summed E-state index contributed by atoms with van der Waals surface area (Å²) in [6.45, 7) is 2.18. The fourth-order valence-electron chi connectivity index (χ4n) is 3.74. The molecular formula is C23H21BrN2O6. The summed E-state index contributed by atoms with van der Waals surface area (Å²) in [6.07, 6.45) is 1.54. The van der Waals surface area contributed by atoms with Gasteiger partial charge in [0.2, 0.25) is 0 Å². The van der Waals surface area contributed by atoms with Crippen molar-refractivity contribution in [3.05, 3.63) is 63.1 Å². The van der Waals surface area contributed by atoms with E-state index >= 15 is 0 Å². The van der Waals surface area contributed by atoms with Crippen LogP contribution in [-0.4, -0.2) is 54.5 Å². The van der Waals surface area contributed by atoms with Gasteiger partial charge in [0.05, 0.1) is 29.3 Å². The summed E-state index contributed by atoms with van der Waals surface area (Å²) in [6, 6.07) is 9.58. The standard InChI is InChI=1S/C23H21BrN2O6/c1-13-9-15(24)5-7-19(13)25-20(27)12-32-23(30)14-4-6-17-18(10-14)22(29)26(21(17)28)11-16-3-2-8-31-16/h4-7,9-10,16H,2-3,8,11-12H2,1H3,(H,25,27)/t16-/m1/s1. The maximum atomic E-state index is 12.7. The number of carbonyl (C=O) groups is 4. The van der Waals surface area contributed by atoms with Crippen LogP contribution in [0.15, 0.2) is 40.9 Å². The number of rotatable bonds is 6. The number of fused-ring (bicyclic) bond motifs is 1. The van der Waals surface area contributed by atoms with Crippen LogP contribution in [0.1, 0.15) is 49.5 Å². The van der Waals surface area contributed by atoms with Gasteiger partial charge in [-0.25, -0.2) is 4.79 Å². The number of imide groups is 1. The summed E-state index contributed by atoms with van der Waals surface area (Å²) in [5.74, 6) is -2.10. The van der Waals surface area contributed by atoms with Crippen LogP contribution in [0.5, 0.6) is 0 Å². The average Bonchev–Trinajstić information content (AvgIpc) is 3.37. The normalized spacial score (nSPS) is 17.4. The van der Waals surface area contributed by atoms with Crippen molar-refractivity contribution in [3.8, 4) is 0 Å². The second kappa shape index (κ2) is 9.22. The number of anilines is 1. The fourth-order valence-corrected chi connectivity index (χ4v) is 4.22. The van der Waals surface area contributed by atoms with Gasteiger partial charge in [-0.05, 0) is 61.7 Å². The van der Waals surface area contributed by atoms with Gasteiger partial charge in [-0.2, -0.15) is 0 Å². The minimum Gasteiger partial charge on any atom is -0.452 e. The molecule has 4 rings (SSSR count). The first kappa shape index (κ1) is 22.2. The second-order valence-electron chi connectivity index (χ2n) is 7.70. The van der Waals surface area contributed by atoms with Gasteiger partial charge in [-0.1, -0.05) is 15.9 Å². The van der Waals surface area contributed by atoms with Crippen molar-refractivity contribution >= 4 is 45.3 Å². The van der Waals surface area contributed by atoms with Crippen LogP contribution >= 0.6 is 15.9 Å². The number of esters is 1. The number of hydrogen-bond acceptors (Lipinski definition) is 6. The highest BCUT2D eigenvalue weighted by Gasteiger charge is 2.38. The second-order valence-corrected chi connectivity index (χ2v) is 8.62. The van der Waals surface area contributed by atoms with Crippen molar-refractivity contribution < 1.29 is 28.7 Å². The summed E-state index contributed by atoms with van der Waals surface area (Å²) in [5.41, 5.74) is 1.96. The minimum absolute atomic E-state index is 0.0940. The molecule has 8 nitrogen and oxygen atoms in total. The lowest BCUT2D eigenvalue weighted by atomic mass is 10.1. The Kier molecular flexibility index (Phi) is 6.38. The first-order valence-electron chi connectivity index (χ1n) is 10.2. The molecule has 1 atom stereocenters. The number of amides is 3. The molecule has 2 aliphatic heterocycles. The van der Waals surface area contributed by atoms with Crippen molar-refractivity contribution in [2.45, 2.75) is 25.9 Å². The zero-order valence-corrected chi connectivity index (χ0v) is 18.9. The van der Waals surface area contributed by atoms with E-state index in [0.717, 1.165) is 27.8 Å². The predicted octanol–water partition coefficient (Wildman–Crippen LogP) is 3.33. The Morgan fingerprint density at radius 1 is 1.16 bits per heavy atom. The number of benzene rings is 2. The molecular weight excluding hydrogens is 480 g/mol. The lowest BCUT2D eigenvalue weighted by Crippen LogP contribution is -2.36. The Labute approximate surface area is 193 Å². The van der Waals surface area contributed by atoms with Gasteiger partial charge in [0, 0.05) is 16.8 Å². The van der Waals surface area contributed by atoms with E-state index in [2.05, 4.69) is 21.2 Å². The Balaban J connectivity index is 1.38. The molecule has 0 saturated carbocycles. The predicted molar refractivity (Wildman–Crippen MR) is 119 cm³/mol. The molecule has 9 heteroatoms. The van der Waals surface area contributed by atoms with E-state index < -0.39 is 30.3 Å². The number of hydrogen-bond donors (Lipinski definition) is 1. The van der Waals surface area contributed by atoms with E-state index in [0.29, 0.717) is 12.3 Å². The van der Waals surface area contributed by atoms with Gasteiger partial charge in [-0.3, -0.25) is 19.3 Å². The van der Waals surface area contributed by atoms with Gasteiger partial charge in [0.1, 0.15) is 0 Å². The largest absolute Gasteiger partial charge is 0.452 e. The number of halogens is 1. The molecule has 2 aliphatic rings. The van der Waals surface area contributed by atoms with E-state index in [1.807, 2.05) is 13.0 Å². The number of nitrogens with zero attached hydrogens (tertiary/aromatic N) is 1. The van der Waals surface area contributed by atoms with E-state index in [9.17, 15) is 19.2 Å². The molecule has 0 unspecified atom stereocenters. The molecule has 0 bridgehead atoms. The molecule has 3 amide bonds. The van der Waals surface area contributed by atoms with Gasteiger partial charge in [-0.15, -0.1) is 0 Å². The van der Waals surface area contributed by atoms with Gasteiger partial charge < -0.3 is 14.8 Å². The molecule has 32 heavy (non-hydrogen) atoms. The number of ether oxygens (including phenoxy) is 2. The van der Waals surface area contributed by atoms with Crippen molar-refractivity contribution in [2.75, 3.05) is 25.1 Å². The maximum absolute atomic E-state index is 12.7. The molecule has 0 aliphatic carbocycles. The van der Waals surface area contributed by atoms with E-state index in [-0.39, 0.29) is 29.3 Å². The van der Waals surface area contributed by atoms with Crippen LogP contribution in [0, 0.1) is 6.92 Å². The van der Waals surface area contributed by atoms with E-state index in [1.165, 1.54) is 18.2 Å². The highest BCUT2D eigenvalue weighted by atomic mass is 79.9. The molecule has 0 radical (unpaired) electrons. The summed E-state index contributed by atoms with van der Waals surface area (Å²) >= 11 is 3.36. The number of aryl methyl sites for hydroxylation is 1. The molecule has 1 N–H and O–H groups in total. The van der Waals surface area contributed by atoms with E-state index in [1.54, 1.807) is 12.1 Å². The lowest BCUT2D eigenvalue weighted by molar-refractivity contribution is -0.119. The lowest BCUT2D eigenvalue weighted by Gasteiger charge is -2.17. The van der Waals surface area contributed by atoms with Crippen molar-refractivity contribution in [3.63, 3.8) is 0 Å². The quantitative estimate of drug-likeness (QED) is 0.482. The topological polar surface area (TPSA) is 102 Å². The molecule has 0 spiro atoms. The first-order valence-corrected chi connectivity index (χ1v) is 11.0. The zero-order valence-electron chi connectivity index (χ0n) is 17.4. The van der Waals surface area contributed by atoms with Crippen LogP contribution in [-0.2, 0) is 14.3 Å². The van der Waals surface area contributed by atoms with Crippen LogP contribution < -0.4 is 5.32 Å². The van der Waals surface area contributed by atoms with Crippen LogP contribution in [0.2, 0.25) is 0 Å². The van der Waals surface area contributed by atoms with Gasteiger partial charge >= 0.3 is 5.97 Å². The average molecular weight is 501 g/mol. The number of carbonyl (C=O) groups excluding carboxylic acids is 4. The zero-order chi connectivity index (χ0) is 22.8. The molecule has 1 fully saturated rings. The minimum atomic E-state index is -0.756. The van der Waals surface area contributed by atoms with Gasteiger partial charge in [0.25, 0.3) is 17.7 Å². The van der Waals surface area contributed by atoms with Crippen LogP contribution in [0.4, 0.5) is 5.69 Å². The van der Waals surface area contributed by atoms with Gasteiger partial charge in [0.15, 0.2) is 6.61 Å². The smallest absolute Gasteiger partial charge is 0.338 e. The molecule has 2 aromatic rings. The summed E-state index contributed by atoms with van der Waals surface area (Å²) in [7, 11) is 0. The van der Waals surface area contributed by atoms with Crippen molar-refractivity contribution in [1.29, 1.82) is 0 Å². The summed E-state index contributed by atoms with van der Waals surface area (Å²) < 4.78 is 11.5. The molecule has 2 heterocycles. The number of nitrogens with one attached hydrogen (secondary N) is 1.